The molecule has 0 aliphatic heterocycles. The molecule has 0 bridgehead atoms. The van der Waals surface area contributed by atoms with Crippen LogP contribution in [0.2, 0.25) is 0 Å². The summed E-state index contributed by atoms with van der Waals surface area (Å²) in [6.07, 6.45) is -4.13. The number of aliphatic carboxylic acids is 1. The number of halogens is 3. The molecule has 9 heteroatoms. The highest BCUT2D eigenvalue weighted by atomic mass is 19.4. The van der Waals surface area contributed by atoms with Crippen LogP contribution in [-0.4, -0.2) is 29.8 Å². The standard InChI is InChI=1S/C15H17F3N2O4/c1-2-24-10-3-4-12(11(7-10)15(16,17)18)20-14(23)19-9-5-8(6-9)13(21)22/h3-4,7-9H,2,5-6H2,1H3,(H,21,22)(H2,19,20,23). The molecule has 3 N–H and O–H groups in total. The zero-order chi connectivity index (χ0) is 17.9. The number of carboxylic acids is 1. The van der Waals surface area contributed by atoms with Gasteiger partial charge >= 0.3 is 18.2 Å². The van der Waals surface area contributed by atoms with E-state index < -0.39 is 35.3 Å². The van der Waals surface area contributed by atoms with Gasteiger partial charge < -0.3 is 20.5 Å². The number of carboxylic acid groups (broad SMARTS) is 1. The first kappa shape index (κ1) is 17.9. The van der Waals surface area contributed by atoms with Crippen LogP contribution in [-0.2, 0) is 11.0 Å². The van der Waals surface area contributed by atoms with Crippen LogP contribution < -0.4 is 15.4 Å². The number of rotatable bonds is 5. The molecular formula is C15H17F3N2O4. The zero-order valence-corrected chi connectivity index (χ0v) is 12.8. The molecule has 1 aliphatic rings. The highest BCUT2D eigenvalue weighted by Crippen LogP contribution is 2.37. The molecule has 6 nitrogen and oxygen atoms in total. The van der Waals surface area contributed by atoms with Crippen molar-refractivity contribution < 1.29 is 32.6 Å². The average Bonchev–Trinajstić information content (AvgIpc) is 2.42. The highest BCUT2D eigenvalue weighted by Gasteiger charge is 2.37. The zero-order valence-electron chi connectivity index (χ0n) is 12.8. The van der Waals surface area contributed by atoms with E-state index in [2.05, 4.69) is 10.6 Å². The first-order chi connectivity index (χ1) is 11.2. The Morgan fingerprint density at radius 1 is 1.33 bits per heavy atom. The van der Waals surface area contributed by atoms with Crippen molar-refractivity contribution in [1.29, 1.82) is 0 Å². The summed E-state index contributed by atoms with van der Waals surface area (Å²) in [6, 6.07) is 2.11. The first-order valence-electron chi connectivity index (χ1n) is 7.35. The fraction of sp³-hybridized carbons (Fsp3) is 0.467. The van der Waals surface area contributed by atoms with Crippen LogP contribution in [0.25, 0.3) is 0 Å². The van der Waals surface area contributed by atoms with Crippen LogP contribution in [0, 0.1) is 5.92 Å². The molecule has 24 heavy (non-hydrogen) atoms. The van der Waals surface area contributed by atoms with E-state index >= 15 is 0 Å². The number of nitrogens with one attached hydrogen (secondary N) is 2. The monoisotopic (exact) mass is 346 g/mol. The summed E-state index contributed by atoms with van der Waals surface area (Å²) in [7, 11) is 0. The van der Waals surface area contributed by atoms with Crippen LogP contribution >= 0.6 is 0 Å². The molecule has 1 aromatic rings. The second-order valence-corrected chi connectivity index (χ2v) is 5.44. The van der Waals surface area contributed by atoms with Crippen LogP contribution in [0.15, 0.2) is 18.2 Å². The van der Waals surface area contributed by atoms with E-state index in [0.717, 1.165) is 12.1 Å². The number of alkyl halides is 3. The molecule has 0 heterocycles. The molecule has 0 aromatic heterocycles. The summed E-state index contributed by atoms with van der Waals surface area (Å²) in [5.74, 6) is -1.41. The molecular weight excluding hydrogens is 329 g/mol. The fourth-order valence-corrected chi connectivity index (χ4v) is 2.40. The number of hydrogen-bond donors (Lipinski definition) is 3. The lowest BCUT2D eigenvalue weighted by Crippen LogP contribution is -2.48. The van der Waals surface area contributed by atoms with E-state index in [1.54, 1.807) is 6.92 Å². The van der Waals surface area contributed by atoms with Gasteiger partial charge in [0.2, 0.25) is 0 Å². The smallest absolute Gasteiger partial charge is 0.418 e. The Labute approximate surface area is 136 Å². The summed E-state index contributed by atoms with van der Waals surface area (Å²) in [6.45, 7) is 1.87. The quantitative estimate of drug-likeness (QED) is 0.764. The van der Waals surface area contributed by atoms with Crippen molar-refractivity contribution >= 4 is 17.7 Å². The molecule has 132 valence electrons. The van der Waals surface area contributed by atoms with Crippen molar-refractivity contribution in [2.75, 3.05) is 11.9 Å². The van der Waals surface area contributed by atoms with Gasteiger partial charge in [0, 0.05) is 6.04 Å². The predicted octanol–water partition coefficient (Wildman–Crippen LogP) is 3.09. The minimum absolute atomic E-state index is 0.0547. The largest absolute Gasteiger partial charge is 0.494 e. The van der Waals surface area contributed by atoms with Gasteiger partial charge in [0.15, 0.2) is 0 Å². The Kier molecular flexibility index (Phi) is 5.20. The lowest BCUT2D eigenvalue weighted by molar-refractivity contribution is -0.145. The van der Waals surface area contributed by atoms with Crippen LogP contribution in [0.3, 0.4) is 0 Å². The van der Waals surface area contributed by atoms with Crippen LogP contribution in [0.4, 0.5) is 23.7 Å². The normalized spacial score (nSPS) is 20.0. The van der Waals surface area contributed by atoms with Crippen molar-refractivity contribution in [3.05, 3.63) is 23.8 Å². The number of carbonyl (C=O) groups is 2. The van der Waals surface area contributed by atoms with E-state index in [-0.39, 0.29) is 31.2 Å². The number of urea groups is 1. The third-order valence-electron chi connectivity index (χ3n) is 3.68. The number of anilines is 1. The molecule has 1 fully saturated rings. The summed E-state index contributed by atoms with van der Waals surface area (Å²) in [5, 5.41) is 13.4. The van der Waals surface area contributed by atoms with E-state index in [0.29, 0.717) is 0 Å². The number of hydrogen-bond acceptors (Lipinski definition) is 3. The van der Waals surface area contributed by atoms with Gasteiger partial charge in [0.25, 0.3) is 0 Å². The highest BCUT2D eigenvalue weighted by molar-refractivity contribution is 5.90. The van der Waals surface area contributed by atoms with E-state index in [1.165, 1.54) is 6.07 Å². The number of amides is 2. The maximum atomic E-state index is 13.1. The fourth-order valence-electron chi connectivity index (χ4n) is 2.40. The van der Waals surface area contributed by atoms with Gasteiger partial charge in [-0.15, -0.1) is 0 Å². The molecule has 0 radical (unpaired) electrons. The molecule has 1 aliphatic carbocycles. The first-order valence-corrected chi connectivity index (χ1v) is 7.35. The third kappa shape index (κ3) is 4.30. The Morgan fingerprint density at radius 2 is 2.00 bits per heavy atom. The Hall–Kier alpha value is -2.45. The lowest BCUT2D eigenvalue weighted by atomic mass is 9.80. The molecule has 1 aromatic carbocycles. The third-order valence-corrected chi connectivity index (χ3v) is 3.68. The minimum atomic E-state index is -4.65. The van der Waals surface area contributed by atoms with Gasteiger partial charge in [-0.05, 0) is 38.0 Å². The molecule has 0 atom stereocenters. The topological polar surface area (TPSA) is 87.7 Å². The summed E-state index contributed by atoms with van der Waals surface area (Å²) >= 11 is 0. The van der Waals surface area contributed by atoms with Gasteiger partial charge in [-0.1, -0.05) is 0 Å². The maximum absolute atomic E-state index is 13.1. The van der Waals surface area contributed by atoms with Gasteiger partial charge in [-0.25, -0.2) is 4.79 Å². The number of benzene rings is 1. The van der Waals surface area contributed by atoms with Gasteiger partial charge in [-0.2, -0.15) is 13.2 Å². The second-order valence-electron chi connectivity index (χ2n) is 5.44. The van der Waals surface area contributed by atoms with Crippen molar-refractivity contribution in [2.45, 2.75) is 32.0 Å². The molecule has 0 unspecified atom stereocenters. The second kappa shape index (κ2) is 6.98. The van der Waals surface area contributed by atoms with Gasteiger partial charge in [0.1, 0.15) is 5.75 Å². The SMILES string of the molecule is CCOc1ccc(NC(=O)NC2CC(C(=O)O)C2)c(C(F)(F)F)c1. The maximum Gasteiger partial charge on any atom is 0.418 e. The Morgan fingerprint density at radius 3 is 2.54 bits per heavy atom. The minimum Gasteiger partial charge on any atom is -0.494 e. The van der Waals surface area contributed by atoms with Crippen LogP contribution in [0.5, 0.6) is 5.75 Å². The molecule has 2 amide bonds. The predicted molar refractivity (Wildman–Crippen MR) is 78.9 cm³/mol. The summed E-state index contributed by atoms with van der Waals surface area (Å²) < 4.78 is 44.4. The average molecular weight is 346 g/mol. The Bertz CT molecular complexity index is 628. The molecule has 0 spiro atoms. The van der Waals surface area contributed by atoms with Crippen molar-refractivity contribution in [3.8, 4) is 5.75 Å². The van der Waals surface area contributed by atoms with E-state index in [1.807, 2.05) is 0 Å². The van der Waals surface area contributed by atoms with Gasteiger partial charge in [-0.3, -0.25) is 4.79 Å². The van der Waals surface area contributed by atoms with Crippen molar-refractivity contribution in [1.82, 2.24) is 5.32 Å². The Balaban J connectivity index is 2.03. The summed E-state index contributed by atoms with van der Waals surface area (Å²) in [5.41, 5.74) is -1.40. The van der Waals surface area contributed by atoms with E-state index in [9.17, 15) is 22.8 Å². The molecule has 0 saturated heterocycles. The van der Waals surface area contributed by atoms with Gasteiger partial charge in [0.05, 0.1) is 23.8 Å². The van der Waals surface area contributed by atoms with Crippen molar-refractivity contribution in [3.63, 3.8) is 0 Å². The van der Waals surface area contributed by atoms with Crippen molar-refractivity contribution in [2.24, 2.45) is 5.92 Å². The molecule has 1 saturated carbocycles. The van der Waals surface area contributed by atoms with Crippen LogP contribution in [0.1, 0.15) is 25.3 Å². The number of ether oxygens (including phenoxy) is 1. The lowest BCUT2D eigenvalue weighted by Gasteiger charge is -2.32. The van der Waals surface area contributed by atoms with E-state index in [4.69, 9.17) is 9.84 Å². The number of carbonyl (C=O) groups excluding carboxylic acids is 1. The molecule has 2 rings (SSSR count). The summed E-state index contributed by atoms with van der Waals surface area (Å²) in [4.78, 5) is 22.5.